The molecule has 1 amide bonds. The molecular formula is C18H23NO2. The Morgan fingerprint density at radius 2 is 2.24 bits per heavy atom. The summed E-state index contributed by atoms with van der Waals surface area (Å²) >= 11 is 0. The van der Waals surface area contributed by atoms with Crippen LogP contribution < -0.4 is 5.32 Å². The van der Waals surface area contributed by atoms with E-state index < -0.39 is 0 Å². The van der Waals surface area contributed by atoms with Gasteiger partial charge in [0.2, 0.25) is 0 Å². The maximum atomic E-state index is 12.4. The summed E-state index contributed by atoms with van der Waals surface area (Å²) < 4.78 is 0. The third-order valence-corrected chi connectivity index (χ3v) is 4.13. The van der Waals surface area contributed by atoms with Crippen LogP contribution in [0.3, 0.4) is 0 Å². The zero-order valence-corrected chi connectivity index (χ0v) is 12.8. The lowest BCUT2D eigenvalue weighted by atomic mass is 10.0. The summed E-state index contributed by atoms with van der Waals surface area (Å²) in [5.41, 5.74) is 2.48. The average Bonchev–Trinajstić information content (AvgIpc) is 2.86. The number of amides is 1. The van der Waals surface area contributed by atoms with Crippen molar-refractivity contribution in [3.8, 4) is 11.8 Å². The Morgan fingerprint density at radius 1 is 1.43 bits per heavy atom. The average molecular weight is 285 g/mol. The van der Waals surface area contributed by atoms with Crippen molar-refractivity contribution < 1.29 is 9.90 Å². The van der Waals surface area contributed by atoms with Crippen LogP contribution in [0.15, 0.2) is 18.2 Å². The van der Waals surface area contributed by atoms with Crippen LogP contribution in [0, 0.1) is 24.7 Å². The molecule has 1 aliphatic carbocycles. The second-order valence-corrected chi connectivity index (χ2v) is 5.79. The molecule has 1 saturated carbocycles. The molecule has 1 aromatic rings. The Labute approximate surface area is 126 Å². The molecule has 0 saturated heterocycles. The number of hydrogen-bond donors (Lipinski definition) is 2. The molecule has 2 rings (SSSR count). The number of carbonyl (C=O) groups is 1. The van der Waals surface area contributed by atoms with Crippen LogP contribution in [0.5, 0.6) is 0 Å². The summed E-state index contributed by atoms with van der Waals surface area (Å²) in [4.78, 5) is 12.4. The first-order chi connectivity index (χ1) is 10.1. The van der Waals surface area contributed by atoms with Crippen LogP contribution in [-0.4, -0.2) is 23.7 Å². The predicted octanol–water partition coefficient (Wildman–Crippen LogP) is 2.65. The van der Waals surface area contributed by atoms with Gasteiger partial charge in [0.15, 0.2) is 0 Å². The minimum Gasteiger partial charge on any atom is -0.395 e. The van der Waals surface area contributed by atoms with E-state index >= 15 is 0 Å². The normalized spacial score (nSPS) is 20.7. The Hall–Kier alpha value is -1.79. The highest BCUT2D eigenvalue weighted by Crippen LogP contribution is 2.25. The Balaban J connectivity index is 2.12. The van der Waals surface area contributed by atoms with Crippen LogP contribution in [0.4, 0.5) is 0 Å². The number of benzene rings is 1. The minimum atomic E-state index is -0.00272. The number of hydrogen-bond acceptors (Lipinski definition) is 2. The fraction of sp³-hybridized carbons (Fsp3) is 0.500. The lowest BCUT2D eigenvalue weighted by Crippen LogP contribution is -2.36. The number of carbonyl (C=O) groups excluding carboxylic acids is 1. The van der Waals surface area contributed by atoms with E-state index in [-0.39, 0.29) is 12.5 Å². The molecule has 112 valence electrons. The maximum Gasteiger partial charge on any atom is 0.251 e. The van der Waals surface area contributed by atoms with Crippen molar-refractivity contribution in [1.82, 2.24) is 5.32 Å². The van der Waals surface area contributed by atoms with Crippen LogP contribution in [0.25, 0.3) is 0 Å². The molecule has 0 spiro atoms. The highest BCUT2D eigenvalue weighted by molar-refractivity contribution is 5.96. The van der Waals surface area contributed by atoms with Crippen molar-refractivity contribution in [2.24, 2.45) is 5.92 Å². The van der Waals surface area contributed by atoms with Gasteiger partial charge in [0.25, 0.3) is 5.91 Å². The molecule has 0 aliphatic heterocycles. The van der Waals surface area contributed by atoms with Crippen molar-refractivity contribution in [3.05, 3.63) is 34.9 Å². The fourth-order valence-corrected chi connectivity index (χ4v) is 2.77. The summed E-state index contributed by atoms with van der Waals surface area (Å²) in [5.74, 6) is 6.42. The molecule has 3 heteroatoms. The molecule has 2 atom stereocenters. The van der Waals surface area contributed by atoms with Gasteiger partial charge in [-0.2, -0.15) is 0 Å². The molecule has 21 heavy (non-hydrogen) atoms. The van der Waals surface area contributed by atoms with Crippen molar-refractivity contribution in [3.63, 3.8) is 0 Å². The quantitative estimate of drug-likeness (QED) is 0.839. The molecule has 2 unspecified atom stereocenters. The Kier molecular flexibility index (Phi) is 5.41. The number of nitrogens with one attached hydrogen (secondary N) is 1. The van der Waals surface area contributed by atoms with Crippen LogP contribution in [-0.2, 0) is 0 Å². The number of aliphatic hydroxyl groups is 1. The zero-order valence-electron chi connectivity index (χ0n) is 12.8. The molecule has 1 fully saturated rings. The smallest absolute Gasteiger partial charge is 0.251 e. The van der Waals surface area contributed by atoms with Crippen molar-refractivity contribution in [2.75, 3.05) is 6.61 Å². The maximum absolute atomic E-state index is 12.4. The van der Waals surface area contributed by atoms with Gasteiger partial charge in [0.1, 0.15) is 0 Å². The summed E-state index contributed by atoms with van der Waals surface area (Å²) in [6, 6.07) is 5.97. The second-order valence-electron chi connectivity index (χ2n) is 5.79. The van der Waals surface area contributed by atoms with Crippen molar-refractivity contribution in [1.29, 1.82) is 0 Å². The van der Waals surface area contributed by atoms with Crippen molar-refractivity contribution >= 4 is 5.91 Å². The lowest BCUT2D eigenvalue weighted by molar-refractivity contribution is 0.0929. The Bertz CT molecular complexity index is 568. The van der Waals surface area contributed by atoms with Crippen LogP contribution >= 0.6 is 0 Å². The summed E-state index contributed by atoms with van der Waals surface area (Å²) in [7, 11) is 0. The van der Waals surface area contributed by atoms with Gasteiger partial charge in [0.05, 0.1) is 6.61 Å². The lowest BCUT2D eigenvalue weighted by Gasteiger charge is -2.18. The zero-order chi connectivity index (χ0) is 15.2. The molecule has 0 aromatic heterocycles. The SMILES string of the molecule is Cc1ccc(C#CCCO)cc1C(=O)NC1CCCC1C. The third kappa shape index (κ3) is 4.09. The minimum absolute atomic E-state index is 0.00272. The van der Waals surface area contributed by atoms with E-state index in [9.17, 15) is 4.79 Å². The highest BCUT2D eigenvalue weighted by atomic mass is 16.2. The van der Waals surface area contributed by atoms with E-state index in [0.717, 1.165) is 17.5 Å². The first kappa shape index (κ1) is 15.6. The standard InChI is InChI=1S/C18H23NO2/c1-13-9-10-15(7-3-4-11-20)12-16(13)18(21)19-17-8-5-6-14(17)2/h9-10,12,14,17,20H,4-6,8,11H2,1-2H3,(H,19,21). The van der Waals surface area contributed by atoms with Gasteiger partial charge in [-0.1, -0.05) is 31.3 Å². The van der Waals surface area contributed by atoms with Gasteiger partial charge in [0, 0.05) is 23.6 Å². The summed E-state index contributed by atoms with van der Waals surface area (Å²) in [6.45, 7) is 4.20. The van der Waals surface area contributed by atoms with E-state index in [1.54, 1.807) is 0 Å². The van der Waals surface area contributed by atoms with E-state index in [2.05, 4.69) is 24.1 Å². The molecular weight excluding hydrogens is 262 g/mol. The van der Waals surface area contributed by atoms with Gasteiger partial charge in [-0.05, 0) is 43.4 Å². The monoisotopic (exact) mass is 285 g/mol. The molecule has 0 heterocycles. The van der Waals surface area contributed by atoms with Gasteiger partial charge >= 0.3 is 0 Å². The van der Waals surface area contributed by atoms with E-state index in [1.165, 1.54) is 12.8 Å². The van der Waals surface area contributed by atoms with E-state index in [0.29, 0.717) is 23.9 Å². The van der Waals surface area contributed by atoms with Gasteiger partial charge in [-0.25, -0.2) is 0 Å². The predicted molar refractivity (Wildman–Crippen MR) is 84.0 cm³/mol. The van der Waals surface area contributed by atoms with E-state index in [1.807, 2.05) is 25.1 Å². The molecule has 2 N–H and O–H groups in total. The topological polar surface area (TPSA) is 49.3 Å². The molecule has 3 nitrogen and oxygen atoms in total. The molecule has 0 bridgehead atoms. The molecule has 1 aromatic carbocycles. The largest absolute Gasteiger partial charge is 0.395 e. The van der Waals surface area contributed by atoms with Crippen LogP contribution in [0.2, 0.25) is 0 Å². The van der Waals surface area contributed by atoms with Crippen LogP contribution in [0.1, 0.15) is 54.1 Å². The first-order valence-electron chi connectivity index (χ1n) is 7.63. The van der Waals surface area contributed by atoms with Crippen molar-refractivity contribution in [2.45, 2.75) is 45.6 Å². The van der Waals surface area contributed by atoms with E-state index in [4.69, 9.17) is 5.11 Å². The summed E-state index contributed by atoms with van der Waals surface area (Å²) in [5, 5.41) is 11.9. The molecule has 0 radical (unpaired) electrons. The number of aryl methyl sites for hydroxylation is 1. The number of aliphatic hydroxyl groups excluding tert-OH is 1. The van der Waals surface area contributed by atoms with Gasteiger partial charge < -0.3 is 10.4 Å². The fourth-order valence-electron chi connectivity index (χ4n) is 2.77. The van der Waals surface area contributed by atoms with Gasteiger partial charge in [-0.15, -0.1) is 0 Å². The number of rotatable bonds is 3. The highest BCUT2D eigenvalue weighted by Gasteiger charge is 2.25. The van der Waals surface area contributed by atoms with Gasteiger partial charge in [-0.3, -0.25) is 4.79 Å². The first-order valence-corrected chi connectivity index (χ1v) is 7.63. The molecule has 1 aliphatic rings. The third-order valence-electron chi connectivity index (χ3n) is 4.13. The second kappa shape index (κ2) is 7.28. The summed E-state index contributed by atoms with van der Waals surface area (Å²) in [6.07, 6.45) is 3.91. The Morgan fingerprint density at radius 3 is 2.90 bits per heavy atom.